The number of hydrogen-bond acceptors (Lipinski definition) is 4. The van der Waals surface area contributed by atoms with Gasteiger partial charge in [0.05, 0.1) is 23.0 Å². The molecule has 0 saturated carbocycles. The van der Waals surface area contributed by atoms with Gasteiger partial charge >= 0.3 is 0 Å². The molecule has 1 aliphatic heterocycles. The number of primary amides is 1. The summed E-state index contributed by atoms with van der Waals surface area (Å²) in [4.78, 5) is 11.2. The number of benzene rings is 1. The lowest BCUT2D eigenvalue weighted by Crippen LogP contribution is -2.22. The van der Waals surface area contributed by atoms with E-state index in [1.165, 1.54) is 0 Å². The molecule has 1 aromatic rings. The fourth-order valence-corrected chi connectivity index (χ4v) is 2.22. The highest BCUT2D eigenvalue weighted by atomic mass is 16.5. The van der Waals surface area contributed by atoms with E-state index in [1.54, 1.807) is 12.1 Å². The van der Waals surface area contributed by atoms with Gasteiger partial charge in [0.25, 0.3) is 5.91 Å². The Morgan fingerprint density at radius 1 is 1.56 bits per heavy atom. The number of nitrogen functional groups attached to an aromatic ring is 1. The molecule has 0 aromatic heterocycles. The zero-order chi connectivity index (χ0) is 13.1. The molecule has 1 aliphatic rings. The van der Waals surface area contributed by atoms with Gasteiger partial charge in [-0.25, -0.2) is 0 Å². The number of nitrogens with one attached hydrogen (secondary N) is 1. The largest absolute Gasteiger partial charge is 0.396 e. The van der Waals surface area contributed by atoms with Crippen LogP contribution in [0.5, 0.6) is 0 Å². The van der Waals surface area contributed by atoms with Crippen molar-refractivity contribution in [2.24, 2.45) is 11.7 Å². The first-order valence-electron chi connectivity index (χ1n) is 6.13. The van der Waals surface area contributed by atoms with Crippen molar-refractivity contribution in [1.82, 2.24) is 0 Å². The van der Waals surface area contributed by atoms with Crippen molar-refractivity contribution in [3.05, 3.63) is 23.8 Å². The fraction of sp³-hybridized carbons (Fsp3) is 0.462. The van der Waals surface area contributed by atoms with E-state index in [4.69, 9.17) is 16.2 Å². The van der Waals surface area contributed by atoms with Gasteiger partial charge in [0.2, 0.25) is 0 Å². The molecule has 5 N–H and O–H groups in total. The Bertz CT molecular complexity index is 448. The van der Waals surface area contributed by atoms with Gasteiger partial charge in [-0.05, 0) is 25.5 Å². The minimum Gasteiger partial charge on any atom is -0.396 e. The highest BCUT2D eigenvalue weighted by molar-refractivity contribution is 6.00. The van der Waals surface area contributed by atoms with Gasteiger partial charge in [-0.2, -0.15) is 0 Å². The summed E-state index contributed by atoms with van der Waals surface area (Å²) in [5.41, 5.74) is 12.7. The third-order valence-corrected chi connectivity index (χ3v) is 3.46. The van der Waals surface area contributed by atoms with Crippen molar-refractivity contribution >= 4 is 17.3 Å². The van der Waals surface area contributed by atoms with Crippen LogP contribution in [0, 0.1) is 5.92 Å². The number of nitrogens with two attached hydrogens (primary N) is 2. The maximum Gasteiger partial charge on any atom is 0.250 e. The van der Waals surface area contributed by atoms with Crippen LogP contribution in [0.3, 0.4) is 0 Å². The Labute approximate surface area is 106 Å². The number of ether oxygens (including phenoxy) is 1. The van der Waals surface area contributed by atoms with Gasteiger partial charge in [-0.1, -0.05) is 6.07 Å². The second-order valence-electron chi connectivity index (χ2n) is 4.64. The first kappa shape index (κ1) is 12.7. The predicted octanol–water partition coefficient (Wildman–Crippen LogP) is 1.20. The van der Waals surface area contributed by atoms with E-state index in [0.717, 1.165) is 25.3 Å². The molecule has 5 nitrogen and oxygen atoms in total. The highest BCUT2D eigenvalue weighted by Gasteiger charge is 2.24. The SMILES string of the molecule is CC1OCCC1CNc1cccc(C(N)=O)c1N. The lowest BCUT2D eigenvalue weighted by Gasteiger charge is -2.17. The molecule has 2 rings (SSSR count). The van der Waals surface area contributed by atoms with E-state index in [0.29, 0.717) is 17.2 Å². The van der Waals surface area contributed by atoms with Crippen molar-refractivity contribution < 1.29 is 9.53 Å². The summed E-state index contributed by atoms with van der Waals surface area (Å²) in [7, 11) is 0. The van der Waals surface area contributed by atoms with Gasteiger partial charge in [-0.15, -0.1) is 0 Å². The summed E-state index contributed by atoms with van der Waals surface area (Å²) in [5.74, 6) is -0.0321. The molecule has 18 heavy (non-hydrogen) atoms. The van der Waals surface area contributed by atoms with Crippen LogP contribution in [0.4, 0.5) is 11.4 Å². The van der Waals surface area contributed by atoms with E-state index >= 15 is 0 Å². The second-order valence-corrected chi connectivity index (χ2v) is 4.64. The molecule has 1 saturated heterocycles. The Morgan fingerprint density at radius 2 is 2.33 bits per heavy atom. The number of anilines is 2. The highest BCUT2D eigenvalue weighted by Crippen LogP contribution is 2.25. The minimum absolute atomic E-state index is 0.262. The minimum atomic E-state index is -0.506. The van der Waals surface area contributed by atoms with Crippen molar-refractivity contribution in [1.29, 1.82) is 0 Å². The van der Waals surface area contributed by atoms with E-state index in [-0.39, 0.29) is 6.10 Å². The van der Waals surface area contributed by atoms with Crippen LogP contribution in [0.1, 0.15) is 23.7 Å². The normalized spacial score (nSPS) is 22.9. The zero-order valence-electron chi connectivity index (χ0n) is 10.5. The van der Waals surface area contributed by atoms with Crippen molar-refractivity contribution in [2.45, 2.75) is 19.4 Å². The average molecular weight is 249 g/mol. The maximum absolute atomic E-state index is 11.2. The number of carbonyl (C=O) groups excluding carboxylic acids is 1. The summed E-state index contributed by atoms with van der Waals surface area (Å²) in [5, 5.41) is 3.27. The first-order valence-corrected chi connectivity index (χ1v) is 6.13. The number of para-hydroxylation sites is 1. The van der Waals surface area contributed by atoms with Crippen LogP contribution in [0.25, 0.3) is 0 Å². The maximum atomic E-state index is 11.2. The van der Waals surface area contributed by atoms with Crippen molar-refractivity contribution in [3.8, 4) is 0 Å². The molecule has 1 heterocycles. The van der Waals surface area contributed by atoms with E-state index in [2.05, 4.69) is 12.2 Å². The molecule has 98 valence electrons. The summed E-state index contributed by atoms with van der Waals surface area (Å²) in [6.45, 7) is 3.67. The van der Waals surface area contributed by atoms with Crippen LogP contribution < -0.4 is 16.8 Å². The molecular weight excluding hydrogens is 230 g/mol. The second kappa shape index (κ2) is 5.27. The van der Waals surface area contributed by atoms with Gasteiger partial charge in [0.15, 0.2) is 0 Å². The Hall–Kier alpha value is -1.75. The predicted molar refractivity (Wildman–Crippen MR) is 71.4 cm³/mol. The van der Waals surface area contributed by atoms with Crippen LogP contribution in [-0.4, -0.2) is 25.2 Å². The summed E-state index contributed by atoms with van der Waals surface area (Å²) >= 11 is 0. The molecule has 0 radical (unpaired) electrons. The molecule has 0 bridgehead atoms. The topological polar surface area (TPSA) is 90.4 Å². The van der Waals surface area contributed by atoms with Crippen molar-refractivity contribution in [2.75, 3.05) is 24.2 Å². The van der Waals surface area contributed by atoms with E-state index in [9.17, 15) is 4.79 Å². The summed E-state index contributed by atoms with van der Waals surface area (Å²) in [6.07, 6.45) is 1.31. The van der Waals surface area contributed by atoms with Gasteiger partial charge in [0, 0.05) is 19.1 Å². The first-order chi connectivity index (χ1) is 8.59. The number of amides is 1. The fourth-order valence-electron chi connectivity index (χ4n) is 2.22. The quantitative estimate of drug-likeness (QED) is 0.699. The monoisotopic (exact) mass is 249 g/mol. The summed E-state index contributed by atoms with van der Waals surface area (Å²) in [6, 6.07) is 5.25. The molecule has 0 aliphatic carbocycles. The molecule has 2 atom stereocenters. The van der Waals surface area contributed by atoms with Crippen LogP contribution >= 0.6 is 0 Å². The molecule has 5 heteroatoms. The number of hydrogen-bond donors (Lipinski definition) is 3. The number of carbonyl (C=O) groups is 1. The summed E-state index contributed by atoms with van der Waals surface area (Å²) < 4.78 is 5.50. The number of rotatable bonds is 4. The molecule has 1 amide bonds. The van der Waals surface area contributed by atoms with Crippen LogP contribution in [0.15, 0.2) is 18.2 Å². The standard InChI is InChI=1S/C13H19N3O2/c1-8-9(5-6-18-8)7-16-11-4-2-3-10(12(11)14)13(15)17/h2-4,8-9,16H,5-7,14H2,1H3,(H2,15,17). The zero-order valence-corrected chi connectivity index (χ0v) is 10.5. The average Bonchev–Trinajstić information content (AvgIpc) is 2.73. The lowest BCUT2D eigenvalue weighted by atomic mass is 10.0. The molecule has 0 spiro atoms. The van der Waals surface area contributed by atoms with Crippen LogP contribution in [-0.2, 0) is 4.74 Å². The lowest BCUT2D eigenvalue weighted by molar-refractivity contribution is 0.100. The van der Waals surface area contributed by atoms with Gasteiger partial charge < -0.3 is 21.5 Å². The third-order valence-electron chi connectivity index (χ3n) is 3.46. The smallest absolute Gasteiger partial charge is 0.250 e. The molecule has 1 aromatic carbocycles. The molecule has 1 fully saturated rings. The van der Waals surface area contributed by atoms with E-state index < -0.39 is 5.91 Å². The Kier molecular flexibility index (Phi) is 3.72. The van der Waals surface area contributed by atoms with Gasteiger partial charge in [0.1, 0.15) is 0 Å². The van der Waals surface area contributed by atoms with Crippen molar-refractivity contribution in [3.63, 3.8) is 0 Å². The van der Waals surface area contributed by atoms with Crippen LogP contribution in [0.2, 0.25) is 0 Å². The molecule has 2 unspecified atom stereocenters. The van der Waals surface area contributed by atoms with Gasteiger partial charge in [-0.3, -0.25) is 4.79 Å². The molecular formula is C13H19N3O2. The third kappa shape index (κ3) is 2.56. The Balaban J connectivity index is 2.05. The Morgan fingerprint density at radius 3 is 2.94 bits per heavy atom. The van der Waals surface area contributed by atoms with E-state index in [1.807, 2.05) is 6.07 Å².